The maximum absolute atomic E-state index is 11.3. The van der Waals surface area contributed by atoms with Crippen LogP contribution in [0.25, 0.3) is 0 Å². The highest BCUT2D eigenvalue weighted by molar-refractivity contribution is 5.93. The quantitative estimate of drug-likeness (QED) is 0.575. The van der Waals surface area contributed by atoms with E-state index in [0.717, 1.165) is 13.3 Å². The molecular formula is C10H17NO4. The van der Waals surface area contributed by atoms with Crippen LogP contribution >= 0.6 is 0 Å². The van der Waals surface area contributed by atoms with Gasteiger partial charge in [-0.1, -0.05) is 13.0 Å². The van der Waals surface area contributed by atoms with Crippen molar-refractivity contribution in [2.24, 2.45) is 0 Å². The summed E-state index contributed by atoms with van der Waals surface area (Å²) in [6.45, 7) is 4.35. The number of aliphatic carboxylic acids is 1. The Morgan fingerprint density at radius 2 is 2.00 bits per heavy atom. The molecule has 0 aliphatic rings. The first-order valence-corrected chi connectivity index (χ1v) is 4.72. The number of amides is 1. The number of hydrogen-bond acceptors (Lipinski definition) is 3. The fraction of sp³-hybridized carbons (Fsp3) is 0.600. The van der Waals surface area contributed by atoms with Crippen molar-refractivity contribution in [1.29, 1.82) is 0 Å². The van der Waals surface area contributed by atoms with Gasteiger partial charge in [0.2, 0.25) is 5.91 Å². The fourth-order valence-electron chi connectivity index (χ4n) is 0.866. The molecule has 0 heterocycles. The molecule has 0 aliphatic carbocycles. The maximum atomic E-state index is 11.3. The van der Waals surface area contributed by atoms with Crippen LogP contribution < -0.4 is 5.32 Å². The lowest BCUT2D eigenvalue weighted by atomic mass is 10.1. The topological polar surface area (TPSA) is 86.6 Å². The van der Waals surface area contributed by atoms with Crippen molar-refractivity contribution in [3.8, 4) is 0 Å². The van der Waals surface area contributed by atoms with E-state index in [1.54, 1.807) is 13.0 Å². The highest BCUT2D eigenvalue weighted by Crippen LogP contribution is 2.02. The van der Waals surface area contributed by atoms with Gasteiger partial charge in [0.05, 0.1) is 6.54 Å². The lowest BCUT2D eigenvalue weighted by Gasteiger charge is -2.18. The van der Waals surface area contributed by atoms with Crippen LogP contribution in [0.3, 0.4) is 0 Å². The van der Waals surface area contributed by atoms with Gasteiger partial charge >= 0.3 is 5.97 Å². The molecule has 0 aliphatic heterocycles. The Kier molecular flexibility index (Phi) is 5.00. The van der Waals surface area contributed by atoms with Gasteiger partial charge in [0.15, 0.2) is 5.60 Å². The summed E-state index contributed by atoms with van der Waals surface area (Å²) in [6.07, 6.45) is 2.46. The molecule has 0 aromatic carbocycles. The van der Waals surface area contributed by atoms with Crippen LogP contribution in [0.5, 0.6) is 0 Å². The highest BCUT2D eigenvalue weighted by Gasteiger charge is 2.30. The van der Waals surface area contributed by atoms with Crippen molar-refractivity contribution in [3.63, 3.8) is 0 Å². The van der Waals surface area contributed by atoms with Gasteiger partial charge in [-0.2, -0.15) is 0 Å². The monoisotopic (exact) mass is 215 g/mol. The van der Waals surface area contributed by atoms with E-state index in [4.69, 9.17) is 5.11 Å². The minimum atomic E-state index is -1.93. The summed E-state index contributed by atoms with van der Waals surface area (Å²) in [5.74, 6) is -1.72. The van der Waals surface area contributed by atoms with Gasteiger partial charge in [-0.25, -0.2) is 4.79 Å². The zero-order valence-electron chi connectivity index (χ0n) is 9.20. The van der Waals surface area contributed by atoms with Gasteiger partial charge in [-0.15, -0.1) is 0 Å². The highest BCUT2D eigenvalue weighted by atomic mass is 16.4. The van der Waals surface area contributed by atoms with E-state index in [9.17, 15) is 14.7 Å². The van der Waals surface area contributed by atoms with Gasteiger partial charge < -0.3 is 15.5 Å². The second-order valence-electron chi connectivity index (χ2n) is 3.56. The molecule has 86 valence electrons. The van der Waals surface area contributed by atoms with Crippen LogP contribution in [-0.2, 0) is 9.59 Å². The Bertz CT molecular complexity index is 281. The second-order valence-corrected chi connectivity index (χ2v) is 3.56. The molecule has 0 saturated heterocycles. The molecule has 0 spiro atoms. The van der Waals surface area contributed by atoms with Gasteiger partial charge in [-0.05, 0) is 20.3 Å². The largest absolute Gasteiger partial charge is 0.479 e. The number of allylic oxidation sites excluding steroid dienone is 1. The minimum absolute atomic E-state index is 0.309. The third-order valence-electron chi connectivity index (χ3n) is 1.92. The summed E-state index contributed by atoms with van der Waals surface area (Å²) >= 11 is 0. The standard InChI is InChI=1S/C10H17NO4/c1-4-5-7(2)8(12)11-6-10(3,15)9(13)14/h5,15H,4,6H2,1-3H3,(H,11,12)(H,13,14). The van der Waals surface area contributed by atoms with E-state index in [2.05, 4.69) is 5.32 Å². The summed E-state index contributed by atoms with van der Waals surface area (Å²) in [6, 6.07) is 0. The van der Waals surface area contributed by atoms with Crippen molar-refractivity contribution in [2.75, 3.05) is 6.54 Å². The predicted octanol–water partition coefficient (Wildman–Crippen LogP) is 0.294. The molecule has 15 heavy (non-hydrogen) atoms. The van der Waals surface area contributed by atoms with E-state index in [-0.39, 0.29) is 12.5 Å². The summed E-state index contributed by atoms with van der Waals surface area (Å²) in [7, 11) is 0. The number of carbonyl (C=O) groups excluding carboxylic acids is 1. The Labute approximate surface area is 88.8 Å². The molecular weight excluding hydrogens is 198 g/mol. The first-order chi connectivity index (χ1) is 6.81. The van der Waals surface area contributed by atoms with E-state index < -0.39 is 11.6 Å². The molecule has 0 bridgehead atoms. The first-order valence-electron chi connectivity index (χ1n) is 4.72. The van der Waals surface area contributed by atoms with Crippen LogP contribution in [0.4, 0.5) is 0 Å². The fourth-order valence-corrected chi connectivity index (χ4v) is 0.866. The first kappa shape index (κ1) is 13.6. The summed E-state index contributed by atoms with van der Waals surface area (Å²) in [4.78, 5) is 21.8. The number of rotatable bonds is 5. The third-order valence-corrected chi connectivity index (χ3v) is 1.92. The smallest absolute Gasteiger partial charge is 0.337 e. The van der Waals surface area contributed by atoms with E-state index in [1.165, 1.54) is 0 Å². The Balaban J connectivity index is 4.23. The maximum Gasteiger partial charge on any atom is 0.337 e. The predicted molar refractivity (Wildman–Crippen MR) is 55.3 cm³/mol. The van der Waals surface area contributed by atoms with Crippen molar-refractivity contribution in [2.45, 2.75) is 32.8 Å². The number of carboxylic acids is 1. The molecule has 0 aromatic rings. The Morgan fingerprint density at radius 1 is 1.47 bits per heavy atom. The van der Waals surface area contributed by atoms with Crippen molar-refractivity contribution in [3.05, 3.63) is 11.6 Å². The number of aliphatic hydroxyl groups is 1. The molecule has 1 amide bonds. The molecule has 1 atom stereocenters. The second kappa shape index (κ2) is 5.50. The van der Waals surface area contributed by atoms with Crippen LogP contribution in [0.1, 0.15) is 27.2 Å². The molecule has 0 saturated carbocycles. The van der Waals surface area contributed by atoms with Gasteiger partial charge in [-0.3, -0.25) is 4.79 Å². The average molecular weight is 215 g/mol. The lowest BCUT2D eigenvalue weighted by molar-refractivity contribution is -0.156. The Hall–Kier alpha value is -1.36. The Morgan fingerprint density at radius 3 is 2.40 bits per heavy atom. The summed E-state index contributed by atoms with van der Waals surface area (Å²) in [5, 5.41) is 20.2. The molecule has 5 heteroatoms. The van der Waals surface area contributed by atoms with Crippen LogP contribution in [0, 0.1) is 0 Å². The van der Waals surface area contributed by atoms with E-state index >= 15 is 0 Å². The van der Waals surface area contributed by atoms with Gasteiger partial charge in [0, 0.05) is 5.57 Å². The molecule has 1 unspecified atom stereocenters. The van der Waals surface area contributed by atoms with Crippen LogP contribution in [-0.4, -0.2) is 34.2 Å². The number of carbonyl (C=O) groups is 2. The van der Waals surface area contributed by atoms with Crippen LogP contribution in [0.15, 0.2) is 11.6 Å². The summed E-state index contributed by atoms with van der Waals surface area (Å²) < 4.78 is 0. The molecule has 5 nitrogen and oxygen atoms in total. The van der Waals surface area contributed by atoms with Gasteiger partial charge in [0.1, 0.15) is 0 Å². The SMILES string of the molecule is CCC=C(C)C(=O)NCC(C)(O)C(=O)O. The lowest BCUT2D eigenvalue weighted by Crippen LogP contribution is -2.46. The normalized spacial score (nSPS) is 15.6. The van der Waals surface area contributed by atoms with E-state index in [1.807, 2.05) is 6.92 Å². The van der Waals surface area contributed by atoms with Crippen molar-refractivity contribution < 1.29 is 19.8 Å². The average Bonchev–Trinajstić information content (AvgIpc) is 2.14. The number of carboxylic acid groups (broad SMARTS) is 1. The molecule has 0 fully saturated rings. The number of hydrogen-bond donors (Lipinski definition) is 3. The third kappa shape index (κ3) is 4.60. The van der Waals surface area contributed by atoms with E-state index in [0.29, 0.717) is 5.57 Å². The molecule has 0 rings (SSSR count). The molecule has 3 N–H and O–H groups in total. The van der Waals surface area contributed by atoms with Gasteiger partial charge in [0.25, 0.3) is 0 Å². The zero-order chi connectivity index (χ0) is 12.1. The summed E-state index contributed by atoms with van der Waals surface area (Å²) in [5.41, 5.74) is -1.42. The molecule has 0 radical (unpaired) electrons. The minimum Gasteiger partial charge on any atom is -0.479 e. The van der Waals surface area contributed by atoms with Crippen molar-refractivity contribution in [1.82, 2.24) is 5.32 Å². The van der Waals surface area contributed by atoms with Crippen LogP contribution in [0.2, 0.25) is 0 Å². The molecule has 0 aromatic heterocycles. The van der Waals surface area contributed by atoms with Crippen molar-refractivity contribution >= 4 is 11.9 Å². The zero-order valence-corrected chi connectivity index (χ0v) is 9.20. The number of nitrogens with one attached hydrogen (secondary N) is 1.